The van der Waals surface area contributed by atoms with E-state index in [1.807, 2.05) is 18.0 Å². The minimum Gasteiger partial charge on any atom is -0.462 e. The molecule has 1 aliphatic carbocycles. The van der Waals surface area contributed by atoms with Crippen molar-refractivity contribution in [1.82, 2.24) is 24.4 Å². The highest BCUT2D eigenvalue weighted by Gasteiger charge is 2.71. The van der Waals surface area contributed by atoms with E-state index in [2.05, 4.69) is 15.0 Å². The molecule has 0 aromatic carbocycles. The standard InChI is InChI=1S/C23H29ClF2N6O3/c1-21(33)10-32(7-8-34-12-21)19-15-14-5-6-27-17(24)16(14)31(4)18(15)28-20(29-19)35-13-22(11-30(2)3)9-23(22,25)26/h5-6,33H,7-13H2,1-4H3/t21-,22+/m0/s1. The lowest BCUT2D eigenvalue weighted by Gasteiger charge is -2.29. The van der Waals surface area contributed by atoms with E-state index in [9.17, 15) is 13.9 Å². The molecule has 1 aliphatic heterocycles. The van der Waals surface area contributed by atoms with Gasteiger partial charge in [0.25, 0.3) is 5.92 Å². The predicted octanol–water partition coefficient (Wildman–Crippen LogP) is 2.72. The van der Waals surface area contributed by atoms with Crippen molar-refractivity contribution >= 4 is 39.4 Å². The van der Waals surface area contributed by atoms with Crippen LogP contribution in [0.15, 0.2) is 12.3 Å². The number of ether oxygens (including phenoxy) is 2. The van der Waals surface area contributed by atoms with Crippen molar-refractivity contribution in [2.24, 2.45) is 12.5 Å². The molecule has 190 valence electrons. The van der Waals surface area contributed by atoms with Gasteiger partial charge in [-0.1, -0.05) is 11.6 Å². The van der Waals surface area contributed by atoms with Crippen LogP contribution >= 0.6 is 11.6 Å². The normalized spacial score (nSPS) is 26.5. The monoisotopic (exact) mass is 510 g/mol. The minimum atomic E-state index is -2.80. The second-order valence-corrected chi connectivity index (χ2v) is 10.6. The number of alkyl halides is 2. The van der Waals surface area contributed by atoms with E-state index in [4.69, 9.17) is 21.1 Å². The fraction of sp³-hybridized carbons (Fsp3) is 0.609. The van der Waals surface area contributed by atoms with Gasteiger partial charge >= 0.3 is 6.01 Å². The molecule has 3 aromatic heterocycles. The largest absolute Gasteiger partial charge is 0.462 e. The third-order valence-corrected chi connectivity index (χ3v) is 6.99. The molecule has 2 fully saturated rings. The highest BCUT2D eigenvalue weighted by Crippen LogP contribution is 2.60. The van der Waals surface area contributed by atoms with Crippen LogP contribution in [0.25, 0.3) is 21.9 Å². The number of hydrogen-bond donors (Lipinski definition) is 1. The minimum absolute atomic E-state index is 0.00636. The SMILES string of the molecule is CN(C)C[C@@]1(COc2nc(N3CCOC[C@@](C)(O)C3)c3c4ccnc(Cl)c4n(C)c3n2)CC1(F)F. The Bertz CT molecular complexity index is 1280. The summed E-state index contributed by atoms with van der Waals surface area (Å²) in [6, 6.07) is 1.83. The average Bonchev–Trinajstić information content (AvgIpc) is 3.25. The summed E-state index contributed by atoms with van der Waals surface area (Å²) in [6.45, 7) is 2.99. The van der Waals surface area contributed by atoms with E-state index < -0.39 is 16.9 Å². The van der Waals surface area contributed by atoms with Crippen molar-refractivity contribution in [3.8, 4) is 6.01 Å². The Morgan fingerprint density at radius 2 is 2.06 bits per heavy atom. The van der Waals surface area contributed by atoms with Gasteiger partial charge in [-0.25, -0.2) is 13.8 Å². The Labute approximate surface area is 206 Å². The van der Waals surface area contributed by atoms with Crippen LogP contribution in [0.4, 0.5) is 14.6 Å². The summed E-state index contributed by atoms with van der Waals surface area (Å²) < 4.78 is 41.8. The van der Waals surface area contributed by atoms with Crippen molar-refractivity contribution in [2.45, 2.75) is 24.9 Å². The number of rotatable bonds is 6. The van der Waals surface area contributed by atoms with Gasteiger partial charge in [0.1, 0.15) is 23.7 Å². The second kappa shape index (κ2) is 8.36. The van der Waals surface area contributed by atoms with Crippen LogP contribution in [0.5, 0.6) is 6.01 Å². The molecule has 35 heavy (non-hydrogen) atoms. The van der Waals surface area contributed by atoms with Gasteiger partial charge in [0, 0.05) is 38.1 Å². The first-order chi connectivity index (χ1) is 16.4. The van der Waals surface area contributed by atoms with Crippen LogP contribution in [0.1, 0.15) is 13.3 Å². The van der Waals surface area contributed by atoms with E-state index in [0.29, 0.717) is 35.3 Å². The summed E-state index contributed by atoms with van der Waals surface area (Å²) >= 11 is 6.42. The zero-order chi connectivity index (χ0) is 25.2. The number of aromatic nitrogens is 4. The molecule has 0 amide bonds. The summed E-state index contributed by atoms with van der Waals surface area (Å²) in [5.74, 6) is -2.28. The molecule has 2 aliphatic rings. The van der Waals surface area contributed by atoms with Crippen molar-refractivity contribution < 1.29 is 23.4 Å². The van der Waals surface area contributed by atoms with Gasteiger partial charge in [-0.15, -0.1) is 0 Å². The molecule has 1 saturated heterocycles. The van der Waals surface area contributed by atoms with Crippen molar-refractivity contribution in [1.29, 1.82) is 0 Å². The number of nitrogens with zero attached hydrogens (tertiary/aromatic N) is 6. The third kappa shape index (κ3) is 4.28. The maximum absolute atomic E-state index is 14.3. The smallest absolute Gasteiger partial charge is 0.320 e. The number of pyridine rings is 1. The van der Waals surface area contributed by atoms with Gasteiger partial charge in [0.15, 0.2) is 5.15 Å². The van der Waals surface area contributed by atoms with Crippen LogP contribution in [0, 0.1) is 5.41 Å². The topological polar surface area (TPSA) is 88.8 Å². The lowest BCUT2D eigenvalue weighted by atomic mass is 10.1. The zero-order valence-corrected chi connectivity index (χ0v) is 20.9. The molecule has 0 unspecified atom stereocenters. The average molecular weight is 511 g/mol. The maximum atomic E-state index is 14.3. The number of anilines is 1. The summed E-state index contributed by atoms with van der Waals surface area (Å²) in [5.41, 5.74) is -1.18. The van der Waals surface area contributed by atoms with Crippen LogP contribution in [-0.4, -0.2) is 94.6 Å². The molecule has 0 spiro atoms. The molecule has 12 heteroatoms. The number of halogens is 3. The van der Waals surface area contributed by atoms with Crippen LogP contribution in [0.2, 0.25) is 5.15 Å². The molecule has 9 nitrogen and oxygen atoms in total. The second-order valence-electron chi connectivity index (χ2n) is 10.2. The number of β-amino-alcohol motifs (C(OH)–C–C–N with tert-alkyl or cyclic N) is 1. The van der Waals surface area contributed by atoms with Crippen molar-refractivity contribution in [3.05, 3.63) is 17.4 Å². The summed E-state index contributed by atoms with van der Waals surface area (Å²) in [6.07, 6.45) is 1.37. The zero-order valence-electron chi connectivity index (χ0n) is 20.2. The maximum Gasteiger partial charge on any atom is 0.320 e. The Kier molecular flexibility index (Phi) is 5.82. The van der Waals surface area contributed by atoms with Gasteiger partial charge < -0.3 is 28.9 Å². The predicted molar refractivity (Wildman–Crippen MR) is 129 cm³/mol. The first-order valence-electron chi connectivity index (χ1n) is 11.4. The molecule has 2 atom stereocenters. The van der Waals surface area contributed by atoms with Gasteiger partial charge in [-0.2, -0.15) is 9.97 Å². The van der Waals surface area contributed by atoms with E-state index in [1.54, 1.807) is 36.7 Å². The van der Waals surface area contributed by atoms with Gasteiger partial charge in [0.2, 0.25) is 0 Å². The van der Waals surface area contributed by atoms with E-state index in [-0.39, 0.29) is 38.7 Å². The first kappa shape index (κ1) is 24.4. The van der Waals surface area contributed by atoms with E-state index in [1.165, 1.54) is 0 Å². The van der Waals surface area contributed by atoms with Gasteiger partial charge in [0.05, 0.1) is 36.1 Å². The molecule has 3 aromatic rings. The van der Waals surface area contributed by atoms with Crippen LogP contribution < -0.4 is 9.64 Å². The summed E-state index contributed by atoms with van der Waals surface area (Å²) in [4.78, 5) is 17.1. The van der Waals surface area contributed by atoms with Gasteiger partial charge in [-0.05, 0) is 27.1 Å². The molecule has 4 heterocycles. The van der Waals surface area contributed by atoms with Crippen molar-refractivity contribution in [3.63, 3.8) is 0 Å². The Balaban J connectivity index is 1.62. The number of aryl methyl sites for hydroxylation is 1. The number of hydrogen-bond acceptors (Lipinski definition) is 8. The molecule has 0 bridgehead atoms. The summed E-state index contributed by atoms with van der Waals surface area (Å²) in [7, 11) is 5.33. The van der Waals surface area contributed by atoms with Crippen molar-refractivity contribution in [2.75, 3.05) is 58.5 Å². The summed E-state index contributed by atoms with van der Waals surface area (Å²) in [5, 5.41) is 12.6. The molecular formula is C23H29ClF2N6O3. The quantitative estimate of drug-likeness (QED) is 0.506. The Hall–Kier alpha value is -2.34. The number of fused-ring (bicyclic) bond motifs is 3. The Morgan fingerprint density at radius 3 is 2.74 bits per heavy atom. The highest BCUT2D eigenvalue weighted by molar-refractivity contribution is 6.35. The lowest BCUT2D eigenvalue weighted by Crippen LogP contribution is -2.42. The Morgan fingerprint density at radius 1 is 1.31 bits per heavy atom. The van der Waals surface area contributed by atoms with Gasteiger partial charge in [-0.3, -0.25) is 0 Å². The van der Waals surface area contributed by atoms with E-state index >= 15 is 0 Å². The molecule has 1 N–H and O–H groups in total. The lowest BCUT2D eigenvalue weighted by molar-refractivity contribution is -0.0123. The molecule has 5 rings (SSSR count). The molecule has 0 radical (unpaired) electrons. The highest BCUT2D eigenvalue weighted by atomic mass is 35.5. The third-order valence-electron chi connectivity index (χ3n) is 6.71. The first-order valence-corrected chi connectivity index (χ1v) is 11.8. The molecular weight excluding hydrogens is 482 g/mol. The van der Waals surface area contributed by atoms with Crippen LogP contribution in [-0.2, 0) is 11.8 Å². The molecule has 1 saturated carbocycles. The number of aliphatic hydroxyl groups is 1. The fourth-order valence-electron chi connectivity index (χ4n) is 5.00. The van der Waals surface area contributed by atoms with E-state index in [0.717, 1.165) is 10.8 Å². The fourth-order valence-corrected chi connectivity index (χ4v) is 5.28. The van der Waals surface area contributed by atoms with Crippen LogP contribution in [0.3, 0.4) is 0 Å².